The van der Waals surface area contributed by atoms with Gasteiger partial charge in [0.2, 0.25) is 0 Å². The minimum absolute atomic E-state index is 0.177. The molecule has 0 spiro atoms. The number of hydrogen-bond acceptors (Lipinski definition) is 3. The summed E-state index contributed by atoms with van der Waals surface area (Å²) in [6, 6.07) is 0.281. The number of nitrogens with zero attached hydrogens (tertiary/aromatic N) is 2. The summed E-state index contributed by atoms with van der Waals surface area (Å²) in [6.07, 6.45) is 2.05. The fraction of sp³-hybridized carbons (Fsp3) is 0.714. The maximum absolute atomic E-state index is 11.8. The molecule has 72 valence electrons. The highest BCUT2D eigenvalue weighted by Crippen LogP contribution is 2.32. The fourth-order valence-corrected chi connectivity index (χ4v) is 1.66. The van der Waals surface area contributed by atoms with Gasteiger partial charge in [-0.3, -0.25) is 9.37 Å². The van der Waals surface area contributed by atoms with E-state index in [9.17, 15) is 9.18 Å². The lowest BCUT2D eigenvalue weighted by molar-refractivity contribution is 0.532. The van der Waals surface area contributed by atoms with E-state index in [4.69, 9.17) is 0 Å². The van der Waals surface area contributed by atoms with Gasteiger partial charge in [-0.2, -0.15) is 0 Å². The van der Waals surface area contributed by atoms with Crippen LogP contribution in [0.15, 0.2) is 9.95 Å². The molecule has 2 rings (SSSR count). The number of aromatic nitrogens is 3. The molecule has 1 heterocycles. The summed E-state index contributed by atoms with van der Waals surface area (Å²) in [4.78, 5) is 13.8. The molecule has 0 bridgehead atoms. The molecule has 1 aromatic rings. The van der Waals surface area contributed by atoms with Gasteiger partial charge < -0.3 is 0 Å². The van der Waals surface area contributed by atoms with Crippen LogP contribution in [0.3, 0.4) is 0 Å². The summed E-state index contributed by atoms with van der Waals surface area (Å²) in [7, 11) is 0. The molecule has 0 unspecified atom stereocenters. The second-order valence-corrected chi connectivity index (χ2v) is 4.03. The van der Waals surface area contributed by atoms with E-state index in [1.54, 1.807) is 0 Å². The molecule has 0 saturated heterocycles. The number of rotatable bonds is 4. The van der Waals surface area contributed by atoms with Gasteiger partial charge in [-0.15, -0.1) is 5.10 Å². The zero-order valence-corrected chi connectivity index (χ0v) is 7.81. The quantitative estimate of drug-likeness (QED) is 0.742. The van der Waals surface area contributed by atoms with Gasteiger partial charge in [0.15, 0.2) is 5.16 Å². The first-order chi connectivity index (χ1) is 6.31. The number of H-pyrrole nitrogens is 1. The summed E-state index contributed by atoms with van der Waals surface area (Å²) in [5.74, 6) is 0.345. The Hall–Kier alpha value is -0.780. The molecular formula is C7H10FN3OS. The van der Waals surface area contributed by atoms with E-state index in [0.29, 0.717) is 10.9 Å². The van der Waals surface area contributed by atoms with Gasteiger partial charge in [0.05, 0.1) is 12.7 Å². The van der Waals surface area contributed by atoms with Crippen LogP contribution in [0.4, 0.5) is 4.39 Å². The Bertz CT molecular complexity index is 344. The molecule has 1 aliphatic rings. The minimum Gasteiger partial charge on any atom is -0.284 e. The highest BCUT2D eigenvalue weighted by atomic mass is 32.2. The topological polar surface area (TPSA) is 50.7 Å². The van der Waals surface area contributed by atoms with Crippen molar-refractivity contribution in [1.82, 2.24) is 14.8 Å². The van der Waals surface area contributed by atoms with Gasteiger partial charge in [-0.1, -0.05) is 11.8 Å². The van der Waals surface area contributed by atoms with Crippen LogP contribution in [0.25, 0.3) is 0 Å². The molecule has 1 aromatic heterocycles. The number of thioether (sulfide) groups is 1. The monoisotopic (exact) mass is 203 g/mol. The third-order valence-electron chi connectivity index (χ3n) is 1.83. The Kier molecular flexibility index (Phi) is 2.39. The molecule has 4 nitrogen and oxygen atoms in total. The highest BCUT2D eigenvalue weighted by Gasteiger charge is 2.27. The molecule has 13 heavy (non-hydrogen) atoms. The van der Waals surface area contributed by atoms with Gasteiger partial charge >= 0.3 is 5.69 Å². The maximum Gasteiger partial charge on any atom is 0.344 e. The summed E-state index contributed by atoms with van der Waals surface area (Å²) >= 11 is 1.24. The lowest BCUT2D eigenvalue weighted by atomic mass is 10.7. The smallest absolute Gasteiger partial charge is 0.284 e. The lowest BCUT2D eigenvalue weighted by Gasteiger charge is -1.91. The first kappa shape index (κ1) is 8.80. The average Bonchev–Trinajstić information content (AvgIpc) is 2.88. The molecule has 0 radical (unpaired) electrons. The van der Waals surface area contributed by atoms with Crippen molar-refractivity contribution in [2.45, 2.75) is 24.0 Å². The zero-order chi connectivity index (χ0) is 9.26. The van der Waals surface area contributed by atoms with E-state index in [2.05, 4.69) is 10.1 Å². The number of halogens is 1. The SMILES string of the molecule is O=c1[nH]c(SCCF)nn1C1CC1. The van der Waals surface area contributed by atoms with E-state index in [0.717, 1.165) is 12.8 Å². The summed E-state index contributed by atoms with van der Waals surface area (Å²) in [5, 5.41) is 4.58. The summed E-state index contributed by atoms with van der Waals surface area (Å²) in [6.45, 7) is -0.400. The highest BCUT2D eigenvalue weighted by molar-refractivity contribution is 7.99. The van der Waals surface area contributed by atoms with Gasteiger partial charge in [0.25, 0.3) is 0 Å². The largest absolute Gasteiger partial charge is 0.344 e. The van der Waals surface area contributed by atoms with Crippen LogP contribution >= 0.6 is 11.8 Å². The standard InChI is InChI=1S/C7H10FN3OS/c8-3-4-13-6-9-7(12)11(10-6)5-1-2-5/h5H,1-4H2,(H,9,10,12). The van der Waals surface area contributed by atoms with Crippen molar-refractivity contribution in [1.29, 1.82) is 0 Å². The van der Waals surface area contributed by atoms with E-state index in [1.807, 2.05) is 0 Å². The zero-order valence-electron chi connectivity index (χ0n) is 6.99. The van der Waals surface area contributed by atoms with Crippen molar-refractivity contribution in [3.63, 3.8) is 0 Å². The van der Waals surface area contributed by atoms with E-state index < -0.39 is 6.67 Å². The predicted octanol–water partition coefficient (Wildman–Crippen LogP) is 0.968. The van der Waals surface area contributed by atoms with Crippen LogP contribution in [-0.2, 0) is 0 Å². The van der Waals surface area contributed by atoms with Gasteiger partial charge in [0.1, 0.15) is 0 Å². The Balaban J connectivity index is 2.10. The third-order valence-corrected chi connectivity index (χ3v) is 2.64. The maximum atomic E-state index is 11.8. The van der Waals surface area contributed by atoms with Crippen molar-refractivity contribution in [3.8, 4) is 0 Å². The van der Waals surface area contributed by atoms with Crippen LogP contribution in [0, 0.1) is 0 Å². The fourth-order valence-electron chi connectivity index (χ4n) is 1.08. The normalized spacial score (nSPS) is 16.4. The molecule has 1 N–H and O–H groups in total. The van der Waals surface area contributed by atoms with Crippen molar-refractivity contribution < 1.29 is 4.39 Å². The van der Waals surface area contributed by atoms with Gasteiger partial charge in [0, 0.05) is 5.75 Å². The molecule has 1 fully saturated rings. The number of aromatic amines is 1. The lowest BCUT2D eigenvalue weighted by Crippen LogP contribution is -2.16. The van der Waals surface area contributed by atoms with Gasteiger partial charge in [-0.25, -0.2) is 9.48 Å². The number of alkyl halides is 1. The molecule has 0 amide bonds. The first-order valence-electron chi connectivity index (χ1n) is 4.19. The Morgan fingerprint density at radius 1 is 1.69 bits per heavy atom. The predicted molar refractivity (Wildman–Crippen MR) is 47.8 cm³/mol. The van der Waals surface area contributed by atoms with Crippen molar-refractivity contribution in [2.24, 2.45) is 0 Å². The number of nitrogens with one attached hydrogen (secondary N) is 1. The Labute approximate surface area is 78.5 Å². The first-order valence-corrected chi connectivity index (χ1v) is 5.17. The second-order valence-electron chi connectivity index (χ2n) is 2.95. The van der Waals surface area contributed by atoms with Gasteiger partial charge in [-0.05, 0) is 12.8 Å². The minimum atomic E-state index is -0.400. The molecule has 0 aliphatic heterocycles. The average molecular weight is 203 g/mol. The van der Waals surface area contributed by atoms with Crippen molar-refractivity contribution in [2.75, 3.05) is 12.4 Å². The molecule has 1 aliphatic carbocycles. The molecule has 1 saturated carbocycles. The van der Waals surface area contributed by atoms with E-state index in [1.165, 1.54) is 16.4 Å². The molecule has 0 atom stereocenters. The Morgan fingerprint density at radius 2 is 2.46 bits per heavy atom. The number of hydrogen-bond donors (Lipinski definition) is 1. The molecule has 6 heteroatoms. The molecular weight excluding hydrogens is 193 g/mol. The van der Waals surface area contributed by atoms with Crippen LogP contribution in [0.5, 0.6) is 0 Å². The summed E-state index contributed by atoms with van der Waals surface area (Å²) in [5.41, 5.74) is -0.177. The Morgan fingerprint density at radius 3 is 3.08 bits per heavy atom. The van der Waals surface area contributed by atoms with Crippen LogP contribution in [0.1, 0.15) is 18.9 Å². The van der Waals surface area contributed by atoms with Crippen molar-refractivity contribution >= 4 is 11.8 Å². The van der Waals surface area contributed by atoms with Crippen LogP contribution in [-0.4, -0.2) is 27.2 Å². The third kappa shape index (κ3) is 1.93. The van der Waals surface area contributed by atoms with Crippen molar-refractivity contribution in [3.05, 3.63) is 10.5 Å². The molecule has 0 aromatic carbocycles. The van der Waals surface area contributed by atoms with Crippen LogP contribution < -0.4 is 5.69 Å². The second kappa shape index (κ2) is 3.53. The summed E-state index contributed by atoms with van der Waals surface area (Å²) < 4.78 is 13.3. The van der Waals surface area contributed by atoms with E-state index in [-0.39, 0.29) is 11.7 Å². The van der Waals surface area contributed by atoms with E-state index >= 15 is 0 Å². The van der Waals surface area contributed by atoms with Crippen LogP contribution in [0.2, 0.25) is 0 Å².